The zero-order valence-electron chi connectivity index (χ0n) is 11.3. The molecule has 3 rings (SSSR count). The third-order valence-corrected chi connectivity index (χ3v) is 4.18. The van der Waals surface area contributed by atoms with E-state index in [1.807, 2.05) is 23.1 Å². The van der Waals surface area contributed by atoms with Crippen molar-refractivity contribution in [3.8, 4) is 0 Å². The number of para-hydroxylation sites is 1. The number of fused-ring (bicyclic) bond motifs is 1. The predicted molar refractivity (Wildman–Crippen MR) is 76.3 cm³/mol. The second-order valence-electron chi connectivity index (χ2n) is 5.49. The molecule has 106 valence electrons. The zero-order chi connectivity index (χ0) is 14.1. The Morgan fingerprint density at radius 3 is 2.90 bits per heavy atom. The minimum Gasteiger partial charge on any atom is -0.355 e. The number of nitrogens with one attached hydrogen (secondary N) is 1. The van der Waals surface area contributed by atoms with Gasteiger partial charge in [-0.25, -0.2) is 0 Å². The van der Waals surface area contributed by atoms with Crippen molar-refractivity contribution in [3.63, 3.8) is 0 Å². The van der Waals surface area contributed by atoms with Crippen LogP contribution in [0.1, 0.15) is 24.3 Å². The maximum Gasteiger partial charge on any atom is 0.232 e. The molecule has 2 amide bonds. The minimum absolute atomic E-state index is 0.0330. The summed E-state index contributed by atoms with van der Waals surface area (Å²) in [6, 6.07) is 7.99. The number of rotatable bonds is 3. The largest absolute Gasteiger partial charge is 0.355 e. The molecule has 1 saturated heterocycles. The highest BCUT2D eigenvalue weighted by molar-refractivity contribution is 6.00. The smallest absolute Gasteiger partial charge is 0.232 e. The van der Waals surface area contributed by atoms with Crippen LogP contribution in [0.4, 0.5) is 5.69 Å². The second-order valence-corrected chi connectivity index (χ2v) is 5.49. The summed E-state index contributed by atoms with van der Waals surface area (Å²) in [5, 5.41) is 2.73. The first-order valence-electron chi connectivity index (χ1n) is 7.07. The van der Waals surface area contributed by atoms with Crippen LogP contribution < -0.4 is 16.0 Å². The van der Waals surface area contributed by atoms with E-state index in [0.29, 0.717) is 32.0 Å². The van der Waals surface area contributed by atoms with Crippen molar-refractivity contribution in [1.29, 1.82) is 0 Å². The molecule has 2 atom stereocenters. The Morgan fingerprint density at radius 2 is 2.20 bits per heavy atom. The van der Waals surface area contributed by atoms with Crippen LogP contribution in [-0.4, -0.2) is 31.4 Å². The van der Waals surface area contributed by atoms with Gasteiger partial charge in [0.15, 0.2) is 0 Å². The van der Waals surface area contributed by atoms with Crippen LogP contribution in [0.3, 0.4) is 0 Å². The van der Waals surface area contributed by atoms with Gasteiger partial charge in [-0.15, -0.1) is 0 Å². The Labute approximate surface area is 118 Å². The molecule has 20 heavy (non-hydrogen) atoms. The van der Waals surface area contributed by atoms with E-state index < -0.39 is 0 Å². The van der Waals surface area contributed by atoms with Crippen molar-refractivity contribution in [2.24, 2.45) is 11.7 Å². The Bertz CT molecular complexity index is 544. The van der Waals surface area contributed by atoms with Gasteiger partial charge in [0.2, 0.25) is 11.8 Å². The standard InChI is InChI=1S/C15H19N3O2/c16-6-5-10-9-18(13-4-2-1-3-12(10)13)15(20)11-7-14(19)17-8-11/h1-4,10-11H,5-9,16H2,(H,17,19). The van der Waals surface area contributed by atoms with Gasteiger partial charge < -0.3 is 16.0 Å². The summed E-state index contributed by atoms with van der Waals surface area (Å²) in [6.07, 6.45) is 1.18. The molecule has 0 radical (unpaired) electrons. The third kappa shape index (κ3) is 2.18. The number of hydrogen-bond donors (Lipinski definition) is 2. The van der Waals surface area contributed by atoms with Gasteiger partial charge in [0.05, 0.1) is 5.92 Å². The first-order valence-corrected chi connectivity index (χ1v) is 7.07. The molecule has 2 unspecified atom stereocenters. The lowest BCUT2D eigenvalue weighted by Crippen LogP contribution is -2.36. The van der Waals surface area contributed by atoms with E-state index in [1.54, 1.807) is 0 Å². The molecule has 2 aliphatic heterocycles. The number of amides is 2. The van der Waals surface area contributed by atoms with E-state index in [-0.39, 0.29) is 17.7 Å². The van der Waals surface area contributed by atoms with Crippen molar-refractivity contribution in [1.82, 2.24) is 5.32 Å². The minimum atomic E-state index is -0.229. The SMILES string of the molecule is NCCC1CN(C(=O)C2CNC(=O)C2)c2ccccc21. The lowest BCUT2D eigenvalue weighted by molar-refractivity contribution is -0.124. The lowest BCUT2D eigenvalue weighted by Gasteiger charge is -2.21. The Kier molecular flexibility index (Phi) is 3.44. The first-order chi connectivity index (χ1) is 9.70. The molecule has 1 fully saturated rings. The van der Waals surface area contributed by atoms with Gasteiger partial charge in [-0.05, 0) is 24.6 Å². The van der Waals surface area contributed by atoms with Crippen LogP contribution in [0.5, 0.6) is 0 Å². The highest BCUT2D eigenvalue weighted by atomic mass is 16.2. The van der Waals surface area contributed by atoms with Gasteiger partial charge in [0.1, 0.15) is 0 Å². The topological polar surface area (TPSA) is 75.4 Å². The van der Waals surface area contributed by atoms with Gasteiger partial charge in [-0.2, -0.15) is 0 Å². The fourth-order valence-electron chi connectivity index (χ4n) is 3.15. The van der Waals surface area contributed by atoms with E-state index in [0.717, 1.165) is 12.1 Å². The molecule has 1 aromatic rings. The van der Waals surface area contributed by atoms with Gasteiger partial charge in [-0.3, -0.25) is 9.59 Å². The van der Waals surface area contributed by atoms with Crippen molar-refractivity contribution < 1.29 is 9.59 Å². The number of benzene rings is 1. The molecule has 5 heteroatoms. The Morgan fingerprint density at radius 1 is 1.40 bits per heavy atom. The number of carbonyl (C=O) groups is 2. The molecule has 0 bridgehead atoms. The highest BCUT2D eigenvalue weighted by Gasteiger charge is 2.37. The maximum absolute atomic E-state index is 12.6. The van der Waals surface area contributed by atoms with E-state index in [4.69, 9.17) is 5.73 Å². The Hall–Kier alpha value is -1.88. The summed E-state index contributed by atoms with van der Waals surface area (Å²) in [7, 11) is 0. The summed E-state index contributed by atoms with van der Waals surface area (Å²) in [6.45, 7) is 1.75. The summed E-state index contributed by atoms with van der Waals surface area (Å²) < 4.78 is 0. The normalized spacial score (nSPS) is 24.6. The van der Waals surface area contributed by atoms with Crippen molar-refractivity contribution in [2.45, 2.75) is 18.8 Å². The molecule has 0 saturated carbocycles. The fourth-order valence-corrected chi connectivity index (χ4v) is 3.15. The number of nitrogens with zero attached hydrogens (tertiary/aromatic N) is 1. The number of carbonyl (C=O) groups excluding carboxylic acids is 2. The van der Waals surface area contributed by atoms with Crippen LogP contribution in [0, 0.1) is 5.92 Å². The molecule has 0 aromatic heterocycles. The maximum atomic E-state index is 12.6. The van der Waals surface area contributed by atoms with Crippen LogP contribution in [0.2, 0.25) is 0 Å². The molecule has 2 heterocycles. The molecule has 3 N–H and O–H groups in total. The van der Waals surface area contributed by atoms with E-state index in [2.05, 4.69) is 11.4 Å². The van der Waals surface area contributed by atoms with Gasteiger partial charge in [-0.1, -0.05) is 18.2 Å². The molecule has 0 aliphatic carbocycles. The average Bonchev–Trinajstić information content (AvgIpc) is 3.04. The number of nitrogens with two attached hydrogens (primary N) is 1. The predicted octanol–water partition coefficient (Wildman–Crippen LogP) is 0.602. The van der Waals surface area contributed by atoms with Crippen LogP contribution >= 0.6 is 0 Å². The number of hydrogen-bond acceptors (Lipinski definition) is 3. The van der Waals surface area contributed by atoms with Gasteiger partial charge in [0.25, 0.3) is 0 Å². The molecule has 0 spiro atoms. The summed E-state index contributed by atoms with van der Waals surface area (Å²) in [4.78, 5) is 25.7. The molecule has 2 aliphatic rings. The van der Waals surface area contributed by atoms with Gasteiger partial charge in [0, 0.05) is 31.1 Å². The third-order valence-electron chi connectivity index (χ3n) is 4.18. The van der Waals surface area contributed by atoms with Crippen molar-refractivity contribution >= 4 is 17.5 Å². The van der Waals surface area contributed by atoms with E-state index in [1.165, 1.54) is 5.56 Å². The van der Waals surface area contributed by atoms with E-state index >= 15 is 0 Å². The quantitative estimate of drug-likeness (QED) is 0.847. The van der Waals surface area contributed by atoms with Crippen LogP contribution in [0.25, 0.3) is 0 Å². The summed E-state index contributed by atoms with van der Waals surface area (Å²) in [5.41, 5.74) is 7.85. The monoisotopic (exact) mass is 273 g/mol. The van der Waals surface area contributed by atoms with Crippen molar-refractivity contribution in [2.75, 3.05) is 24.5 Å². The molecule has 5 nitrogen and oxygen atoms in total. The average molecular weight is 273 g/mol. The summed E-state index contributed by atoms with van der Waals surface area (Å²) >= 11 is 0. The molecular formula is C15H19N3O2. The van der Waals surface area contributed by atoms with Crippen LogP contribution in [-0.2, 0) is 9.59 Å². The van der Waals surface area contributed by atoms with E-state index in [9.17, 15) is 9.59 Å². The second kappa shape index (κ2) is 5.25. The number of anilines is 1. The highest BCUT2D eigenvalue weighted by Crippen LogP contribution is 2.38. The lowest BCUT2D eigenvalue weighted by atomic mass is 9.98. The molecule has 1 aromatic carbocycles. The van der Waals surface area contributed by atoms with Crippen LogP contribution in [0.15, 0.2) is 24.3 Å². The van der Waals surface area contributed by atoms with Gasteiger partial charge >= 0.3 is 0 Å². The summed E-state index contributed by atoms with van der Waals surface area (Å²) in [5.74, 6) is 0.0991. The fraction of sp³-hybridized carbons (Fsp3) is 0.467. The Balaban J connectivity index is 1.84. The molecular weight excluding hydrogens is 254 g/mol. The van der Waals surface area contributed by atoms with Crippen molar-refractivity contribution in [3.05, 3.63) is 29.8 Å². The zero-order valence-corrected chi connectivity index (χ0v) is 11.3. The first kappa shape index (κ1) is 13.1.